The predicted octanol–water partition coefficient (Wildman–Crippen LogP) is 3.57. The van der Waals surface area contributed by atoms with E-state index in [9.17, 15) is 0 Å². The second-order valence-electron chi connectivity index (χ2n) is 4.53. The number of aryl methyl sites for hydroxylation is 1. The molecule has 0 aliphatic rings. The molecule has 0 aliphatic heterocycles. The van der Waals surface area contributed by atoms with Crippen LogP contribution in [0.5, 0.6) is 0 Å². The zero-order chi connectivity index (χ0) is 12.1. The van der Waals surface area contributed by atoms with Crippen LogP contribution < -0.4 is 0 Å². The first-order valence-corrected chi connectivity index (χ1v) is 5.97. The van der Waals surface area contributed by atoms with E-state index in [-0.39, 0.29) is 0 Å². The van der Waals surface area contributed by atoms with Crippen LogP contribution in [-0.4, -0.2) is 15.0 Å². The van der Waals surface area contributed by atoms with E-state index in [1.54, 1.807) is 0 Å². The van der Waals surface area contributed by atoms with Crippen molar-refractivity contribution in [3.63, 3.8) is 0 Å². The van der Waals surface area contributed by atoms with Crippen molar-refractivity contribution in [1.29, 1.82) is 0 Å². The molecule has 2 aromatic carbocycles. The molecule has 4 aromatic rings. The number of nitrogens with zero attached hydrogens (tertiary/aromatic N) is 2. The Morgan fingerprint density at radius 3 is 2.50 bits per heavy atom. The maximum Gasteiger partial charge on any atom is 0.157 e. The summed E-state index contributed by atoms with van der Waals surface area (Å²) in [6, 6.07) is 14.2. The second kappa shape index (κ2) is 3.29. The van der Waals surface area contributed by atoms with E-state index in [4.69, 9.17) is 4.98 Å². The van der Waals surface area contributed by atoms with Gasteiger partial charge < -0.3 is 4.98 Å². The summed E-state index contributed by atoms with van der Waals surface area (Å²) < 4.78 is 0. The van der Waals surface area contributed by atoms with E-state index < -0.39 is 0 Å². The Labute approximate surface area is 103 Å². The molecule has 0 fully saturated rings. The molecule has 0 saturated heterocycles. The van der Waals surface area contributed by atoms with E-state index in [0.29, 0.717) is 0 Å². The SMILES string of the molecule is Cc1cccc2[nH]c3nc4ccccc4nc3c12. The average molecular weight is 233 g/mol. The smallest absolute Gasteiger partial charge is 0.157 e. The van der Waals surface area contributed by atoms with Crippen molar-refractivity contribution in [2.45, 2.75) is 6.92 Å². The molecule has 2 aromatic heterocycles. The fourth-order valence-corrected chi connectivity index (χ4v) is 2.48. The highest BCUT2D eigenvalue weighted by Crippen LogP contribution is 2.26. The van der Waals surface area contributed by atoms with E-state index in [2.05, 4.69) is 29.0 Å². The highest BCUT2D eigenvalue weighted by atomic mass is 14.9. The first-order chi connectivity index (χ1) is 8.83. The number of nitrogens with one attached hydrogen (secondary N) is 1. The van der Waals surface area contributed by atoms with E-state index >= 15 is 0 Å². The fraction of sp³-hybridized carbons (Fsp3) is 0.0667. The first-order valence-electron chi connectivity index (χ1n) is 5.97. The molecule has 18 heavy (non-hydrogen) atoms. The van der Waals surface area contributed by atoms with Crippen molar-refractivity contribution < 1.29 is 0 Å². The largest absolute Gasteiger partial charge is 0.338 e. The number of benzene rings is 2. The summed E-state index contributed by atoms with van der Waals surface area (Å²) in [5.74, 6) is 0. The number of para-hydroxylation sites is 2. The van der Waals surface area contributed by atoms with Gasteiger partial charge in [-0.3, -0.25) is 0 Å². The standard InChI is InChI=1S/C15H11N3/c1-9-5-4-8-12-13(9)14-15(18-12)17-11-7-3-2-6-10(11)16-14/h2-8H,1H3,(H,17,18). The van der Waals surface area contributed by atoms with Gasteiger partial charge in [0, 0.05) is 10.9 Å². The van der Waals surface area contributed by atoms with Crippen LogP contribution in [0.1, 0.15) is 5.56 Å². The molecule has 86 valence electrons. The van der Waals surface area contributed by atoms with E-state index in [1.807, 2.05) is 30.3 Å². The molecule has 0 atom stereocenters. The van der Waals surface area contributed by atoms with Crippen LogP contribution in [0.2, 0.25) is 0 Å². The molecule has 0 spiro atoms. The molecule has 3 nitrogen and oxygen atoms in total. The van der Waals surface area contributed by atoms with Gasteiger partial charge >= 0.3 is 0 Å². The molecule has 0 unspecified atom stereocenters. The van der Waals surface area contributed by atoms with E-state index in [0.717, 1.165) is 27.7 Å². The van der Waals surface area contributed by atoms with Crippen LogP contribution in [0.25, 0.3) is 33.1 Å². The van der Waals surface area contributed by atoms with Gasteiger partial charge in [0.15, 0.2) is 5.65 Å². The van der Waals surface area contributed by atoms with Crippen LogP contribution in [0, 0.1) is 6.92 Å². The number of aromatic nitrogens is 3. The maximum absolute atomic E-state index is 4.73. The van der Waals surface area contributed by atoms with Crippen molar-refractivity contribution in [2.24, 2.45) is 0 Å². The Bertz CT molecular complexity index is 890. The lowest BCUT2D eigenvalue weighted by atomic mass is 10.1. The Hall–Kier alpha value is -2.42. The number of fused-ring (bicyclic) bond motifs is 4. The molecule has 4 rings (SSSR count). The van der Waals surface area contributed by atoms with Gasteiger partial charge in [-0.25, -0.2) is 9.97 Å². The predicted molar refractivity (Wildman–Crippen MR) is 73.6 cm³/mol. The molecule has 0 bridgehead atoms. The molecular formula is C15H11N3. The normalized spacial score (nSPS) is 11.6. The lowest BCUT2D eigenvalue weighted by molar-refractivity contribution is 1.36. The summed E-state index contributed by atoms with van der Waals surface area (Å²) in [5.41, 5.74) is 6.01. The monoisotopic (exact) mass is 233 g/mol. The Morgan fingerprint density at radius 2 is 1.67 bits per heavy atom. The number of rotatable bonds is 0. The summed E-state index contributed by atoms with van der Waals surface area (Å²) in [6.45, 7) is 2.10. The van der Waals surface area contributed by atoms with Gasteiger partial charge in [-0.05, 0) is 30.7 Å². The molecule has 0 radical (unpaired) electrons. The molecular weight excluding hydrogens is 222 g/mol. The molecule has 0 aliphatic carbocycles. The van der Waals surface area contributed by atoms with Crippen molar-refractivity contribution in [3.05, 3.63) is 48.0 Å². The summed E-state index contributed by atoms with van der Waals surface area (Å²) in [4.78, 5) is 12.7. The van der Waals surface area contributed by atoms with Crippen LogP contribution in [0.15, 0.2) is 42.5 Å². The zero-order valence-electron chi connectivity index (χ0n) is 9.94. The summed E-state index contributed by atoms with van der Waals surface area (Å²) in [6.07, 6.45) is 0. The van der Waals surface area contributed by atoms with Gasteiger partial charge in [0.1, 0.15) is 5.52 Å². The highest BCUT2D eigenvalue weighted by Gasteiger charge is 2.09. The Balaban J connectivity index is 2.29. The third-order valence-electron chi connectivity index (χ3n) is 3.33. The van der Waals surface area contributed by atoms with Crippen LogP contribution in [0.4, 0.5) is 0 Å². The van der Waals surface area contributed by atoms with Crippen molar-refractivity contribution in [1.82, 2.24) is 15.0 Å². The topological polar surface area (TPSA) is 41.6 Å². The summed E-state index contributed by atoms with van der Waals surface area (Å²) in [5, 5.41) is 1.17. The Morgan fingerprint density at radius 1 is 0.889 bits per heavy atom. The maximum atomic E-state index is 4.73. The third kappa shape index (κ3) is 1.19. The summed E-state index contributed by atoms with van der Waals surface area (Å²) in [7, 11) is 0. The molecule has 0 saturated carbocycles. The van der Waals surface area contributed by atoms with Gasteiger partial charge in [-0.2, -0.15) is 0 Å². The Kier molecular flexibility index (Phi) is 1.75. The van der Waals surface area contributed by atoms with E-state index in [1.165, 1.54) is 10.9 Å². The van der Waals surface area contributed by atoms with Crippen molar-refractivity contribution in [3.8, 4) is 0 Å². The number of aromatic amines is 1. The minimum Gasteiger partial charge on any atom is -0.338 e. The molecule has 2 heterocycles. The van der Waals surface area contributed by atoms with Crippen molar-refractivity contribution >= 4 is 33.1 Å². The van der Waals surface area contributed by atoms with Crippen molar-refractivity contribution in [2.75, 3.05) is 0 Å². The fourth-order valence-electron chi connectivity index (χ4n) is 2.48. The lowest BCUT2D eigenvalue weighted by Crippen LogP contribution is -1.85. The number of hydrogen-bond acceptors (Lipinski definition) is 2. The minimum absolute atomic E-state index is 0.859. The zero-order valence-corrected chi connectivity index (χ0v) is 9.94. The second-order valence-corrected chi connectivity index (χ2v) is 4.53. The molecule has 0 amide bonds. The number of H-pyrrole nitrogens is 1. The third-order valence-corrected chi connectivity index (χ3v) is 3.33. The van der Waals surface area contributed by atoms with Crippen LogP contribution >= 0.6 is 0 Å². The van der Waals surface area contributed by atoms with Gasteiger partial charge in [-0.1, -0.05) is 24.3 Å². The quantitative estimate of drug-likeness (QED) is 0.504. The van der Waals surface area contributed by atoms with Gasteiger partial charge in [-0.15, -0.1) is 0 Å². The average Bonchev–Trinajstić information content (AvgIpc) is 2.74. The van der Waals surface area contributed by atoms with Gasteiger partial charge in [0.2, 0.25) is 0 Å². The van der Waals surface area contributed by atoms with Gasteiger partial charge in [0.25, 0.3) is 0 Å². The molecule has 3 heteroatoms. The lowest BCUT2D eigenvalue weighted by Gasteiger charge is -1.97. The van der Waals surface area contributed by atoms with Crippen LogP contribution in [-0.2, 0) is 0 Å². The minimum atomic E-state index is 0.859. The summed E-state index contributed by atoms with van der Waals surface area (Å²) >= 11 is 0. The van der Waals surface area contributed by atoms with Gasteiger partial charge in [0.05, 0.1) is 11.0 Å². The highest BCUT2D eigenvalue weighted by molar-refractivity contribution is 6.07. The van der Waals surface area contributed by atoms with Crippen LogP contribution in [0.3, 0.4) is 0 Å². The molecule has 1 N–H and O–H groups in total. The number of hydrogen-bond donors (Lipinski definition) is 1. The first kappa shape index (κ1) is 9.59.